The fourth-order valence-corrected chi connectivity index (χ4v) is 1.63. The first kappa shape index (κ1) is 23.4. The molecule has 0 aromatic carbocycles. The Morgan fingerprint density at radius 3 is 1.96 bits per heavy atom. The maximum Gasteiger partial charge on any atom is 0.246 e. The van der Waals surface area contributed by atoms with Gasteiger partial charge in [-0.25, -0.2) is 0 Å². The number of carbonyl (C=O) groups excluding carboxylic acids is 3. The topological polar surface area (TPSA) is 112 Å². The summed E-state index contributed by atoms with van der Waals surface area (Å²) in [7, 11) is 0. The molecule has 0 unspecified atom stereocenters. The molecule has 0 heterocycles. The van der Waals surface area contributed by atoms with Crippen LogP contribution in [0.25, 0.3) is 0 Å². The van der Waals surface area contributed by atoms with Gasteiger partial charge < -0.3 is 34.4 Å². The molecule has 0 saturated heterocycles. The van der Waals surface area contributed by atoms with Gasteiger partial charge in [-0.3, -0.25) is 9.59 Å². The molecule has 0 rings (SSSR count). The lowest BCUT2D eigenvalue weighted by atomic mass is 10.3. The average molecular weight is 362 g/mol. The highest BCUT2D eigenvalue weighted by molar-refractivity contribution is 5.77. The first-order chi connectivity index (χ1) is 12.2. The minimum atomic E-state index is -0.229. The molecule has 0 aliphatic heterocycles. The quantitative estimate of drug-likeness (QED) is 0.244. The predicted octanol–water partition coefficient (Wildman–Crippen LogP) is -0.716. The zero-order valence-corrected chi connectivity index (χ0v) is 14.9. The molecular weight excluding hydrogens is 332 g/mol. The van der Waals surface area contributed by atoms with Gasteiger partial charge in [0.15, 0.2) is 0 Å². The molecule has 0 aliphatic carbocycles. The molecule has 0 radical (unpaired) electrons. The molecule has 0 bridgehead atoms. The smallest absolute Gasteiger partial charge is 0.246 e. The Balaban J connectivity index is 3.22. The number of hydrogen-bond acceptors (Lipinski definition) is 7. The van der Waals surface area contributed by atoms with Crippen molar-refractivity contribution in [3.63, 3.8) is 0 Å². The molecule has 0 atom stereocenters. The van der Waals surface area contributed by atoms with Crippen LogP contribution in [0.2, 0.25) is 0 Å². The van der Waals surface area contributed by atoms with Gasteiger partial charge in [-0.2, -0.15) is 0 Å². The summed E-state index contributed by atoms with van der Waals surface area (Å²) < 4.78 is 20.5. The molecule has 2 amide bonds. The molecule has 25 heavy (non-hydrogen) atoms. The Bertz CT molecular complexity index is 353. The van der Waals surface area contributed by atoms with E-state index < -0.39 is 0 Å². The van der Waals surface area contributed by atoms with E-state index in [1.165, 1.54) is 0 Å². The summed E-state index contributed by atoms with van der Waals surface area (Å²) in [6.07, 6.45) is 2.03. The minimum Gasteiger partial charge on any atom is -0.377 e. The largest absolute Gasteiger partial charge is 0.377 e. The van der Waals surface area contributed by atoms with Crippen molar-refractivity contribution in [2.75, 3.05) is 65.9 Å². The van der Waals surface area contributed by atoms with Gasteiger partial charge >= 0.3 is 0 Å². The Morgan fingerprint density at radius 2 is 1.36 bits per heavy atom. The normalized spacial score (nSPS) is 10.4. The van der Waals surface area contributed by atoms with Crippen molar-refractivity contribution in [2.24, 2.45) is 0 Å². The number of aldehydes is 1. The maximum atomic E-state index is 11.4. The van der Waals surface area contributed by atoms with Crippen molar-refractivity contribution in [1.82, 2.24) is 10.6 Å². The lowest BCUT2D eigenvalue weighted by molar-refractivity contribution is -0.126. The summed E-state index contributed by atoms with van der Waals surface area (Å²) >= 11 is 0. The van der Waals surface area contributed by atoms with Gasteiger partial charge in [-0.15, -0.1) is 0 Å². The highest BCUT2D eigenvalue weighted by Crippen LogP contribution is 1.85. The molecule has 0 spiro atoms. The summed E-state index contributed by atoms with van der Waals surface area (Å²) in [4.78, 5) is 32.6. The standard InChI is InChI=1S/C16H30N2O7/c1-2-3-15(20)17-4-7-23-12-13-25-14-16(21)18-5-8-22-10-11-24-9-6-19/h6H,2-5,7-14H2,1H3,(H,17,20)(H,18,21). The first-order valence-corrected chi connectivity index (χ1v) is 8.48. The van der Waals surface area contributed by atoms with Crippen LogP contribution in [0.4, 0.5) is 0 Å². The van der Waals surface area contributed by atoms with Crippen LogP contribution in [0.1, 0.15) is 19.8 Å². The van der Waals surface area contributed by atoms with Crippen molar-refractivity contribution in [3.8, 4) is 0 Å². The van der Waals surface area contributed by atoms with Crippen LogP contribution in [0.3, 0.4) is 0 Å². The second-order valence-corrected chi connectivity index (χ2v) is 4.97. The van der Waals surface area contributed by atoms with E-state index in [-0.39, 0.29) is 25.0 Å². The predicted molar refractivity (Wildman–Crippen MR) is 90.3 cm³/mol. The molecule has 0 fully saturated rings. The van der Waals surface area contributed by atoms with Crippen LogP contribution in [-0.2, 0) is 33.3 Å². The highest BCUT2D eigenvalue weighted by Gasteiger charge is 2.01. The molecule has 146 valence electrons. The molecule has 0 aromatic heterocycles. The zero-order valence-electron chi connectivity index (χ0n) is 14.9. The van der Waals surface area contributed by atoms with E-state index >= 15 is 0 Å². The second kappa shape index (κ2) is 18.8. The van der Waals surface area contributed by atoms with Gasteiger partial charge in [0.05, 0.1) is 39.6 Å². The van der Waals surface area contributed by atoms with Crippen molar-refractivity contribution < 1.29 is 33.3 Å². The average Bonchev–Trinajstić information content (AvgIpc) is 2.59. The first-order valence-electron chi connectivity index (χ1n) is 8.48. The number of rotatable bonds is 18. The van der Waals surface area contributed by atoms with Gasteiger partial charge in [0, 0.05) is 19.5 Å². The third-order valence-corrected chi connectivity index (χ3v) is 2.78. The Labute approximate surface area is 148 Å². The van der Waals surface area contributed by atoms with Gasteiger partial charge in [-0.05, 0) is 6.42 Å². The van der Waals surface area contributed by atoms with E-state index in [1.807, 2.05) is 6.92 Å². The summed E-state index contributed by atoms with van der Waals surface area (Å²) in [5.74, 6) is -0.205. The molecule has 2 N–H and O–H groups in total. The third-order valence-electron chi connectivity index (χ3n) is 2.78. The van der Waals surface area contributed by atoms with Crippen LogP contribution in [0.15, 0.2) is 0 Å². The van der Waals surface area contributed by atoms with Crippen LogP contribution in [0, 0.1) is 0 Å². The highest BCUT2D eigenvalue weighted by atomic mass is 16.5. The number of carbonyl (C=O) groups is 3. The van der Waals surface area contributed by atoms with Crippen LogP contribution in [0.5, 0.6) is 0 Å². The number of hydrogen-bond donors (Lipinski definition) is 2. The summed E-state index contributed by atoms with van der Waals surface area (Å²) in [6.45, 7) is 4.98. The molecule has 0 aliphatic rings. The van der Waals surface area contributed by atoms with Crippen molar-refractivity contribution in [1.29, 1.82) is 0 Å². The molecule has 9 nitrogen and oxygen atoms in total. The summed E-state index contributed by atoms with van der Waals surface area (Å²) in [5.41, 5.74) is 0. The van der Waals surface area contributed by atoms with E-state index in [0.717, 1.165) is 6.42 Å². The van der Waals surface area contributed by atoms with Crippen LogP contribution >= 0.6 is 0 Å². The van der Waals surface area contributed by atoms with E-state index in [2.05, 4.69) is 10.6 Å². The van der Waals surface area contributed by atoms with Crippen LogP contribution < -0.4 is 10.6 Å². The molecular formula is C16H30N2O7. The Hall–Kier alpha value is -1.55. The van der Waals surface area contributed by atoms with Crippen LogP contribution in [-0.4, -0.2) is 84.0 Å². The Morgan fingerprint density at radius 1 is 0.800 bits per heavy atom. The zero-order chi connectivity index (χ0) is 18.6. The van der Waals surface area contributed by atoms with Gasteiger partial charge in [0.25, 0.3) is 0 Å². The van der Waals surface area contributed by atoms with Crippen molar-refractivity contribution >= 4 is 18.1 Å². The fraction of sp³-hybridized carbons (Fsp3) is 0.812. The minimum absolute atomic E-state index is 0.0245. The van der Waals surface area contributed by atoms with Gasteiger partial charge in [-0.1, -0.05) is 6.92 Å². The molecule has 0 aromatic rings. The van der Waals surface area contributed by atoms with Gasteiger partial charge in [0.1, 0.15) is 19.5 Å². The van der Waals surface area contributed by atoms with E-state index in [4.69, 9.17) is 18.9 Å². The van der Waals surface area contributed by atoms with Gasteiger partial charge in [0.2, 0.25) is 11.8 Å². The van der Waals surface area contributed by atoms with E-state index in [0.29, 0.717) is 65.4 Å². The lowest BCUT2D eigenvalue weighted by Gasteiger charge is -2.08. The fourth-order valence-electron chi connectivity index (χ4n) is 1.63. The third kappa shape index (κ3) is 18.6. The van der Waals surface area contributed by atoms with Crippen molar-refractivity contribution in [3.05, 3.63) is 0 Å². The summed E-state index contributed by atoms with van der Waals surface area (Å²) in [5, 5.41) is 5.38. The SMILES string of the molecule is CCCC(=O)NCCOCCOCC(=O)NCCOCCOCC=O. The second-order valence-electron chi connectivity index (χ2n) is 4.97. The molecule has 9 heteroatoms. The lowest BCUT2D eigenvalue weighted by Crippen LogP contribution is -2.31. The summed E-state index contributed by atoms with van der Waals surface area (Å²) in [6, 6.07) is 0. The monoisotopic (exact) mass is 362 g/mol. The van der Waals surface area contributed by atoms with E-state index in [1.54, 1.807) is 0 Å². The number of ether oxygens (including phenoxy) is 4. The maximum absolute atomic E-state index is 11.4. The van der Waals surface area contributed by atoms with E-state index in [9.17, 15) is 14.4 Å². The number of nitrogens with one attached hydrogen (secondary N) is 2. The Kier molecular flexibility index (Phi) is 17.6. The molecule has 0 saturated carbocycles. The van der Waals surface area contributed by atoms with Crippen molar-refractivity contribution in [2.45, 2.75) is 19.8 Å². The number of amides is 2.